The number of carboxylic acids is 2. The van der Waals surface area contributed by atoms with Gasteiger partial charge in [-0.25, -0.2) is 0 Å². The molecule has 4 amide bonds. The summed E-state index contributed by atoms with van der Waals surface area (Å²) >= 11 is 0. The first-order valence-corrected chi connectivity index (χ1v) is 17.0. The molecule has 0 aromatic heterocycles. The molecule has 23 heteroatoms. The third-order valence-corrected chi connectivity index (χ3v) is 7.26. The van der Waals surface area contributed by atoms with Crippen molar-refractivity contribution in [2.75, 3.05) is 26.2 Å². The van der Waals surface area contributed by atoms with Crippen LogP contribution in [0.4, 0.5) is 0 Å². The van der Waals surface area contributed by atoms with Crippen LogP contribution in [0, 0.1) is 0 Å². The second-order valence-corrected chi connectivity index (χ2v) is 11.9. The molecule has 0 aliphatic rings. The molecule has 0 aromatic rings. The van der Waals surface area contributed by atoms with Gasteiger partial charge in [0.05, 0.1) is 49.2 Å². The van der Waals surface area contributed by atoms with Gasteiger partial charge >= 0.3 is 17.1 Å². The maximum Gasteiger partial charge on any atom is 2.00 e. The van der Waals surface area contributed by atoms with Gasteiger partial charge in [0.15, 0.2) is 11.9 Å². The number of guanidine groups is 2. The van der Waals surface area contributed by atoms with Gasteiger partial charge in [-0.05, 0) is 91.1 Å². The van der Waals surface area contributed by atoms with Gasteiger partial charge in [-0.1, -0.05) is 0 Å². The van der Waals surface area contributed by atoms with Crippen molar-refractivity contribution in [3.8, 4) is 0 Å². The molecule has 0 saturated heterocycles. The fourth-order valence-corrected chi connectivity index (χ4v) is 4.53. The predicted octanol–water partition coefficient (Wildman–Crippen LogP) is -7.53. The average molecular weight is 808 g/mol. The molecule has 0 fully saturated rings. The zero-order valence-electron chi connectivity index (χ0n) is 30.4. The number of aliphatic imine (C=N–C) groups is 2. The Morgan fingerprint density at radius 1 is 0.509 bits per heavy atom. The number of nitrogens with one attached hydrogen (secondary N) is 4. The number of nitrogens with two attached hydrogens (primary N) is 8. The molecule has 0 spiro atoms. The summed E-state index contributed by atoms with van der Waals surface area (Å²) in [6.45, 7) is 3.74. The average Bonchev–Trinajstić information content (AvgIpc) is 3.06. The van der Waals surface area contributed by atoms with Crippen LogP contribution in [0.1, 0.15) is 78.1 Å². The summed E-state index contributed by atoms with van der Waals surface area (Å²) in [7, 11) is 0. The van der Waals surface area contributed by atoms with Gasteiger partial charge in [0.25, 0.3) is 0 Å². The van der Waals surface area contributed by atoms with Crippen LogP contribution in [0.2, 0.25) is 0 Å². The van der Waals surface area contributed by atoms with Crippen LogP contribution < -0.4 is 77.3 Å². The Balaban J connectivity index is -0.000000926. The number of nitrogens with zero attached hydrogens (tertiary/aromatic N) is 2. The molecule has 2 unspecified atom stereocenters. The van der Waals surface area contributed by atoms with E-state index in [0.717, 1.165) is 0 Å². The Labute approximate surface area is 320 Å². The summed E-state index contributed by atoms with van der Waals surface area (Å²) in [5, 5.41) is 32.1. The molecule has 0 aliphatic carbocycles. The van der Waals surface area contributed by atoms with Crippen molar-refractivity contribution in [3.05, 3.63) is 0 Å². The van der Waals surface area contributed by atoms with E-state index in [0.29, 0.717) is 51.6 Å². The molecule has 0 aliphatic heterocycles. The molecular formula is C30H60CuN14O8. The van der Waals surface area contributed by atoms with E-state index in [9.17, 15) is 39.0 Å². The minimum Gasteiger partial charge on any atom is -0.548 e. The van der Waals surface area contributed by atoms with Crippen molar-refractivity contribution in [3.63, 3.8) is 0 Å². The summed E-state index contributed by atoms with van der Waals surface area (Å²) in [6, 6.07) is -4.79. The van der Waals surface area contributed by atoms with Crippen molar-refractivity contribution in [2.24, 2.45) is 55.9 Å². The Morgan fingerprint density at radius 3 is 1.08 bits per heavy atom. The molecular weight excluding hydrogens is 748 g/mol. The molecule has 22 nitrogen and oxygen atoms in total. The number of aliphatic carboxylic acids is 2. The van der Waals surface area contributed by atoms with Crippen molar-refractivity contribution >= 4 is 47.5 Å². The van der Waals surface area contributed by atoms with E-state index in [2.05, 4.69) is 31.3 Å². The van der Waals surface area contributed by atoms with Crippen LogP contribution in [0.3, 0.4) is 0 Å². The van der Waals surface area contributed by atoms with Crippen LogP contribution >= 0.6 is 0 Å². The first-order valence-electron chi connectivity index (χ1n) is 17.0. The number of hydrogen-bond acceptors (Lipinski definition) is 14. The Bertz CT molecular complexity index is 1080. The predicted molar refractivity (Wildman–Crippen MR) is 191 cm³/mol. The van der Waals surface area contributed by atoms with Crippen molar-refractivity contribution in [1.29, 1.82) is 0 Å². The van der Waals surface area contributed by atoms with E-state index in [1.54, 1.807) is 13.8 Å². The van der Waals surface area contributed by atoms with Crippen LogP contribution in [-0.2, 0) is 45.8 Å². The Morgan fingerprint density at radius 2 is 0.830 bits per heavy atom. The molecule has 53 heavy (non-hydrogen) atoms. The molecule has 1 radical (unpaired) electrons. The standard InChI is InChI=1S/2C15H31N7O4.Cu/c2*1-9(20-15(18)19)5-6-10(21-12(23)8-17)13(24)22-11(14(25)26)4-2-3-7-16;/h2*9-11H,2-8,16-17H2,1H3,(H,21,23)(H,22,24)(H,25,26)(H4,18,19,20);/q;;+2/p-2/t2*9?,10-,11-;/m00./s1. The number of rotatable bonds is 26. The fraction of sp³-hybridized carbons (Fsp3) is 0.733. The van der Waals surface area contributed by atoms with E-state index in [4.69, 9.17) is 45.9 Å². The maximum absolute atomic E-state index is 12.4. The molecule has 0 bridgehead atoms. The zero-order chi connectivity index (χ0) is 40.2. The third-order valence-electron chi connectivity index (χ3n) is 7.26. The molecule has 0 saturated carbocycles. The number of carboxylic acid groups (broad SMARTS) is 2. The van der Waals surface area contributed by atoms with Gasteiger partial charge in [0.2, 0.25) is 23.6 Å². The van der Waals surface area contributed by atoms with Crippen LogP contribution in [0.25, 0.3) is 0 Å². The zero-order valence-corrected chi connectivity index (χ0v) is 31.4. The summed E-state index contributed by atoms with van der Waals surface area (Å²) < 4.78 is 0. The van der Waals surface area contributed by atoms with E-state index in [-0.39, 0.29) is 79.8 Å². The Hall–Kier alpha value is -4.28. The van der Waals surface area contributed by atoms with Gasteiger partial charge in [-0.15, -0.1) is 0 Å². The largest absolute Gasteiger partial charge is 2.00 e. The summed E-state index contributed by atoms with van der Waals surface area (Å²) in [4.78, 5) is 78.2. The van der Waals surface area contributed by atoms with Crippen molar-refractivity contribution in [2.45, 2.75) is 114 Å². The molecule has 0 heterocycles. The van der Waals surface area contributed by atoms with Crippen molar-refractivity contribution < 1.29 is 56.0 Å². The number of amides is 4. The first-order chi connectivity index (χ1) is 24.4. The van der Waals surface area contributed by atoms with Crippen LogP contribution in [-0.4, -0.2) is 110 Å². The third kappa shape index (κ3) is 28.0. The van der Waals surface area contributed by atoms with E-state index in [1.807, 2.05) is 0 Å². The normalized spacial score (nSPS) is 13.7. The quantitative estimate of drug-likeness (QED) is 0.0167. The van der Waals surface area contributed by atoms with Crippen LogP contribution in [0.5, 0.6) is 0 Å². The van der Waals surface area contributed by atoms with E-state index in [1.165, 1.54) is 0 Å². The van der Waals surface area contributed by atoms with Gasteiger partial charge in [0.1, 0.15) is 12.1 Å². The second kappa shape index (κ2) is 31.3. The first kappa shape index (κ1) is 53.1. The smallest absolute Gasteiger partial charge is 0.548 e. The minimum atomic E-state index is -1.40. The molecule has 0 rings (SSSR count). The molecule has 6 atom stereocenters. The van der Waals surface area contributed by atoms with E-state index >= 15 is 0 Å². The van der Waals surface area contributed by atoms with Gasteiger partial charge in [-0.3, -0.25) is 29.2 Å². The van der Waals surface area contributed by atoms with Gasteiger partial charge < -0.3 is 86.9 Å². The SMILES string of the molecule is CC(CC[C@H](NC(=O)CN)C(=O)N[C@@H](CCCCN)C(=O)[O-])N=C(N)N.CC(CC[C@H](NC(=O)CN)C(=O)N[C@@H](CCCCN)C(=O)[O-])N=C(N)N.[Cu+2]. The summed E-state index contributed by atoms with van der Waals surface area (Å²) in [5.74, 6) is -5.29. The van der Waals surface area contributed by atoms with Gasteiger partial charge in [0, 0.05) is 0 Å². The second-order valence-electron chi connectivity index (χ2n) is 11.9. The topological polar surface area (TPSA) is 430 Å². The monoisotopic (exact) mass is 807 g/mol. The number of carbonyl (C=O) groups is 6. The number of hydrogen-bond donors (Lipinski definition) is 12. The summed E-state index contributed by atoms with van der Waals surface area (Å²) in [6.07, 6.45) is 3.88. The molecule has 0 aromatic carbocycles. The number of carbonyl (C=O) groups excluding carboxylic acids is 6. The van der Waals surface area contributed by atoms with Crippen molar-refractivity contribution in [1.82, 2.24) is 21.3 Å². The minimum absolute atomic E-state index is 0. The van der Waals surface area contributed by atoms with Crippen LogP contribution in [0.15, 0.2) is 9.98 Å². The molecule has 309 valence electrons. The maximum atomic E-state index is 12.4. The van der Waals surface area contributed by atoms with E-state index < -0.39 is 59.7 Å². The summed E-state index contributed by atoms with van der Waals surface area (Å²) in [5.41, 5.74) is 42.5. The fourth-order valence-electron chi connectivity index (χ4n) is 4.53. The Kier molecular flexibility index (Phi) is 31.3. The van der Waals surface area contributed by atoms with Gasteiger partial charge in [-0.2, -0.15) is 0 Å². The molecule has 20 N–H and O–H groups in total. The number of unbranched alkanes of at least 4 members (excludes halogenated alkanes) is 2.